The van der Waals surface area contributed by atoms with E-state index in [9.17, 15) is 38.4 Å². The molecule has 4 amide bonds. The molecule has 0 aromatic carbocycles. The van der Waals surface area contributed by atoms with Crippen molar-refractivity contribution in [2.75, 3.05) is 0 Å². The van der Waals surface area contributed by atoms with Crippen molar-refractivity contribution in [3.05, 3.63) is 0 Å². The van der Waals surface area contributed by atoms with Gasteiger partial charge in [-0.3, -0.25) is 38.4 Å². The number of hydrogen-bond acceptors (Lipinski definition) is 8. The first-order valence-electron chi connectivity index (χ1n) is 11.9. The largest absolute Gasteiger partial charge is 0.481 e. The van der Waals surface area contributed by atoms with Crippen molar-refractivity contribution in [1.82, 2.24) is 21.3 Å². The fourth-order valence-electron chi connectivity index (χ4n) is 3.33. The molecule has 0 saturated carbocycles. The Morgan fingerprint density at radius 1 is 0.632 bits per heavy atom. The lowest BCUT2D eigenvalue weighted by Crippen LogP contribution is -2.59. The van der Waals surface area contributed by atoms with Crippen LogP contribution in [0.3, 0.4) is 0 Å². The summed E-state index contributed by atoms with van der Waals surface area (Å²) in [6, 6.07) is -5.73. The number of aliphatic carboxylic acids is 3. The van der Waals surface area contributed by atoms with Crippen LogP contribution in [0.4, 0.5) is 0 Å². The number of ketones is 1. The van der Waals surface area contributed by atoms with Gasteiger partial charge in [0, 0.05) is 19.8 Å². The minimum absolute atomic E-state index is 0.0199. The Kier molecular flexibility index (Phi) is 14.9. The van der Waals surface area contributed by atoms with Gasteiger partial charge >= 0.3 is 17.9 Å². The third kappa shape index (κ3) is 13.3. The minimum atomic E-state index is -1.56. The first-order valence-corrected chi connectivity index (χ1v) is 11.9. The molecule has 15 nitrogen and oxygen atoms in total. The van der Waals surface area contributed by atoms with Gasteiger partial charge in [0.05, 0.1) is 18.9 Å². The van der Waals surface area contributed by atoms with Gasteiger partial charge in [0.15, 0.2) is 5.78 Å². The van der Waals surface area contributed by atoms with Crippen molar-refractivity contribution < 1.29 is 53.7 Å². The zero-order valence-corrected chi connectivity index (χ0v) is 21.7. The third-order valence-corrected chi connectivity index (χ3v) is 5.18. The smallest absolute Gasteiger partial charge is 0.305 e. The summed E-state index contributed by atoms with van der Waals surface area (Å²) in [4.78, 5) is 95.5. The van der Waals surface area contributed by atoms with Crippen molar-refractivity contribution in [2.45, 2.75) is 90.4 Å². The molecule has 0 rings (SSSR count). The molecule has 0 aliphatic heterocycles. The van der Waals surface area contributed by atoms with Crippen LogP contribution in [0, 0.1) is 5.92 Å². The number of hydrogen-bond donors (Lipinski definition) is 7. The summed E-state index contributed by atoms with van der Waals surface area (Å²) >= 11 is 0. The molecule has 15 heteroatoms. The van der Waals surface area contributed by atoms with E-state index in [4.69, 9.17) is 15.3 Å². The Balaban J connectivity index is 5.82. The summed E-state index contributed by atoms with van der Waals surface area (Å²) in [5, 5.41) is 36.2. The van der Waals surface area contributed by atoms with Gasteiger partial charge in [-0.05, 0) is 18.8 Å². The van der Waals surface area contributed by atoms with E-state index >= 15 is 0 Å². The molecule has 0 aromatic rings. The Labute approximate surface area is 219 Å². The molecular weight excluding hydrogens is 508 g/mol. The van der Waals surface area contributed by atoms with Crippen LogP contribution >= 0.6 is 0 Å². The SMILES string of the molecule is CCCC(=O)[C@H](CC(=O)O)NC(=O)[C@@H](NC(=O)[C@H](CCC(=O)O)NC(=O)[C@H](CC(=O)O)NC(C)=O)C(C)C. The fraction of sp³-hybridized carbons (Fsp3) is 0.652. The molecule has 0 bridgehead atoms. The van der Waals surface area contributed by atoms with Crippen LogP contribution in [0.5, 0.6) is 0 Å². The normalized spacial score (nSPS) is 13.8. The quantitative estimate of drug-likeness (QED) is 0.108. The third-order valence-electron chi connectivity index (χ3n) is 5.18. The van der Waals surface area contributed by atoms with Crippen LogP contribution in [-0.4, -0.2) is 86.8 Å². The molecule has 4 atom stereocenters. The molecule has 0 fully saturated rings. The topological polar surface area (TPSA) is 245 Å². The van der Waals surface area contributed by atoms with E-state index in [2.05, 4.69) is 21.3 Å². The number of carbonyl (C=O) groups excluding carboxylic acids is 5. The summed E-state index contributed by atoms with van der Waals surface area (Å²) in [7, 11) is 0. The highest BCUT2D eigenvalue weighted by Gasteiger charge is 2.33. The predicted molar refractivity (Wildman–Crippen MR) is 130 cm³/mol. The van der Waals surface area contributed by atoms with E-state index in [-0.39, 0.29) is 6.42 Å². The Morgan fingerprint density at radius 2 is 1.13 bits per heavy atom. The standard InChI is InChI=1S/C23H36N4O11/c1-5-6-16(29)14(9-18(32)33)26-23(38)20(11(2)3)27-21(36)13(7-8-17(30)31)25-22(37)15(10-19(34)35)24-12(4)28/h11,13-15,20H,5-10H2,1-4H3,(H,24,28)(H,25,37)(H,26,38)(H,27,36)(H,30,31)(H,32,33)(H,34,35)/t13-,14-,15-,20-/m0/s1. The van der Waals surface area contributed by atoms with Gasteiger partial charge in [-0.15, -0.1) is 0 Å². The van der Waals surface area contributed by atoms with Crippen LogP contribution in [-0.2, 0) is 38.4 Å². The average Bonchev–Trinajstić information content (AvgIpc) is 2.77. The second kappa shape index (κ2) is 16.7. The van der Waals surface area contributed by atoms with E-state index in [0.29, 0.717) is 6.42 Å². The molecule has 0 radical (unpaired) electrons. The van der Waals surface area contributed by atoms with Gasteiger partial charge < -0.3 is 36.6 Å². The van der Waals surface area contributed by atoms with Crippen LogP contribution in [0.1, 0.15) is 66.2 Å². The highest BCUT2D eigenvalue weighted by atomic mass is 16.4. The van der Waals surface area contributed by atoms with Crippen LogP contribution in [0.2, 0.25) is 0 Å². The summed E-state index contributed by atoms with van der Waals surface area (Å²) in [5.41, 5.74) is 0. The Morgan fingerprint density at radius 3 is 1.58 bits per heavy atom. The summed E-state index contributed by atoms with van der Waals surface area (Å²) in [6.45, 7) is 5.85. The van der Waals surface area contributed by atoms with Gasteiger partial charge in [-0.1, -0.05) is 20.8 Å². The van der Waals surface area contributed by atoms with E-state index < -0.39 is 103 Å². The molecule has 0 aromatic heterocycles. The maximum absolute atomic E-state index is 13.0. The van der Waals surface area contributed by atoms with Crippen molar-refractivity contribution in [3.63, 3.8) is 0 Å². The van der Waals surface area contributed by atoms with E-state index in [1.165, 1.54) is 0 Å². The summed E-state index contributed by atoms with van der Waals surface area (Å²) in [6.07, 6.45) is -2.06. The molecule has 38 heavy (non-hydrogen) atoms. The van der Waals surface area contributed by atoms with Gasteiger partial charge in [0.1, 0.15) is 18.1 Å². The minimum Gasteiger partial charge on any atom is -0.481 e. The Bertz CT molecular complexity index is 903. The summed E-state index contributed by atoms with van der Waals surface area (Å²) in [5.74, 6) is -8.77. The lowest BCUT2D eigenvalue weighted by atomic mass is 9.99. The number of rotatable bonds is 18. The number of carbonyl (C=O) groups is 8. The fourth-order valence-corrected chi connectivity index (χ4v) is 3.33. The molecule has 0 aliphatic rings. The first kappa shape index (κ1) is 34.0. The second-order valence-corrected chi connectivity index (χ2v) is 8.95. The van der Waals surface area contributed by atoms with E-state index in [0.717, 1.165) is 6.92 Å². The number of carboxylic acids is 3. The lowest BCUT2D eigenvalue weighted by Gasteiger charge is -2.27. The van der Waals surface area contributed by atoms with Crippen LogP contribution < -0.4 is 21.3 Å². The molecule has 7 N–H and O–H groups in total. The molecule has 0 spiro atoms. The van der Waals surface area contributed by atoms with Gasteiger partial charge in [0.2, 0.25) is 23.6 Å². The zero-order chi connectivity index (χ0) is 29.6. The molecule has 214 valence electrons. The maximum atomic E-state index is 13.0. The monoisotopic (exact) mass is 544 g/mol. The van der Waals surface area contributed by atoms with Gasteiger partial charge in [-0.2, -0.15) is 0 Å². The van der Waals surface area contributed by atoms with Crippen molar-refractivity contribution in [2.24, 2.45) is 5.92 Å². The molecule has 0 saturated heterocycles. The number of Topliss-reactive ketones (excluding diaryl/α,β-unsaturated/α-hetero) is 1. The first-order chi connectivity index (χ1) is 17.6. The molecular formula is C23H36N4O11. The summed E-state index contributed by atoms with van der Waals surface area (Å²) < 4.78 is 0. The molecule has 0 heterocycles. The highest BCUT2D eigenvalue weighted by molar-refractivity contribution is 5.97. The Hall–Kier alpha value is -4.04. The number of nitrogens with one attached hydrogen (secondary N) is 4. The van der Waals surface area contributed by atoms with Crippen molar-refractivity contribution in [3.8, 4) is 0 Å². The average molecular weight is 545 g/mol. The lowest BCUT2D eigenvalue weighted by molar-refractivity contribution is -0.142. The molecule has 0 unspecified atom stereocenters. The van der Waals surface area contributed by atoms with Gasteiger partial charge in [-0.25, -0.2) is 0 Å². The number of carboxylic acid groups (broad SMARTS) is 3. The van der Waals surface area contributed by atoms with Crippen molar-refractivity contribution in [1.29, 1.82) is 0 Å². The van der Waals surface area contributed by atoms with Crippen molar-refractivity contribution >= 4 is 47.3 Å². The van der Waals surface area contributed by atoms with Crippen LogP contribution in [0.25, 0.3) is 0 Å². The second-order valence-electron chi connectivity index (χ2n) is 8.95. The van der Waals surface area contributed by atoms with Gasteiger partial charge in [0.25, 0.3) is 0 Å². The highest BCUT2D eigenvalue weighted by Crippen LogP contribution is 2.08. The van der Waals surface area contributed by atoms with E-state index in [1.807, 2.05) is 0 Å². The zero-order valence-electron chi connectivity index (χ0n) is 21.7. The maximum Gasteiger partial charge on any atom is 0.305 e. The van der Waals surface area contributed by atoms with Crippen LogP contribution in [0.15, 0.2) is 0 Å². The predicted octanol–water partition coefficient (Wildman–Crippen LogP) is -1.22. The van der Waals surface area contributed by atoms with E-state index in [1.54, 1.807) is 20.8 Å². The number of amides is 4. The molecule has 0 aliphatic carbocycles.